The van der Waals surface area contributed by atoms with E-state index in [1.807, 2.05) is 4.90 Å². The average Bonchev–Trinajstić information content (AvgIpc) is 2.89. The van der Waals surface area contributed by atoms with Crippen LogP contribution < -0.4 is 5.32 Å². The summed E-state index contributed by atoms with van der Waals surface area (Å²) in [6.45, 7) is 5.76. The molecule has 5 heteroatoms. The van der Waals surface area contributed by atoms with Crippen molar-refractivity contribution in [2.45, 2.75) is 46.0 Å². The summed E-state index contributed by atoms with van der Waals surface area (Å²) in [5.74, 6) is -0.451. The lowest BCUT2D eigenvalue weighted by molar-refractivity contribution is -0.136. The molecule has 0 saturated carbocycles. The third-order valence-electron chi connectivity index (χ3n) is 5.55. The fourth-order valence-electron chi connectivity index (χ4n) is 3.76. The highest BCUT2D eigenvalue weighted by Gasteiger charge is 2.34. The van der Waals surface area contributed by atoms with E-state index >= 15 is 0 Å². The highest BCUT2D eigenvalue weighted by Crippen LogP contribution is 2.24. The molecule has 1 atom stereocenters. The van der Waals surface area contributed by atoms with Gasteiger partial charge in [-0.15, -0.1) is 0 Å². The summed E-state index contributed by atoms with van der Waals surface area (Å²) < 4.78 is 0. The highest BCUT2D eigenvalue weighted by atomic mass is 16.2. The number of benzene rings is 1. The van der Waals surface area contributed by atoms with E-state index in [0.717, 1.165) is 32.4 Å². The first-order valence-corrected chi connectivity index (χ1v) is 9.10. The van der Waals surface area contributed by atoms with Gasteiger partial charge in [0, 0.05) is 25.9 Å². The van der Waals surface area contributed by atoms with Crippen molar-refractivity contribution >= 4 is 17.7 Å². The molecule has 134 valence electrons. The highest BCUT2D eigenvalue weighted by molar-refractivity contribution is 6.04. The number of likely N-dealkylation sites (tertiary alicyclic amines) is 1. The van der Waals surface area contributed by atoms with Gasteiger partial charge in [-0.25, -0.2) is 0 Å². The Balaban J connectivity index is 1.48. The second-order valence-electron chi connectivity index (χ2n) is 7.46. The van der Waals surface area contributed by atoms with Gasteiger partial charge in [0.05, 0.1) is 5.92 Å². The van der Waals surface area contributed by atoms with Crippen molar-refractivity contribution in [3.05, 3.63) is 34.9 Å². The molecule has 2 aliphatic rings. The average molecular weight is 342 g/mol. The summed E-state index contributed by atoms with van der Waals surface area (Å²) in [6, 6.07) is 6.65. The lowest BCUT2D eigenvalue weighted by Gasteiger charge is -2.32. The number of aryl methyl sites for hydroxylation is 2. The summed E-state index contributed by atoms with van der Waals surface area (Å²) in [6.07, 6.45) is 3.35. The van der Waals surface area contributed by atoms with Crippen LogP contribution in [0, 0.1) is 25.7 Å². The van der Waals surface area contributed by atoms with Gasteiger partial charge >= 0.3 is 0 Å². The van der Waals surface area contributed by atoms with Crippen molar-refractivity contribution in [3.8, 4) is 0 Å². The molecule has 2 fully saturated rings. The van der Waals surface area contributed by atoms with E-state index in [2.05, 4.69) is 37.4 Å². The zero-order chi connectivity index (χ0) is 18.0. The first-order chi connectivity index (χ1) is 11.9. The molecule has 1 aromatic rings. The summed E-state index contributed by atoms with van der Waals surface area (Å²) in [7, 11) is 0. The number of piperidine rings is 1. The smallest absolute Gasteiger partial charge is 0.230 e. The molecular weight excluding hydrogens is 316 g/mol. The first-order valence-electron chi connectivity index (χ1n) is 9.10. The summed E-state index contributed by atoms with van der Waals surface area (Å²) in [5, 5.41) is 2.27. The molecule has 25 heavy (non-hydrogen) atoms. The zero-order valence-electron chi connectivity index (χ0n) is 15.0. The normalized spacial score (nSPS) is 21.5. The summed E-state index contributed by atoms with van der Waals surface area (Å²) in [4.78, 5) is 37.1. The Labute approximate surface area is 148 Å². The molecule has 1 aromatic carbocycles. The van der Waals surface area contributed by atoms with E-state index in [0.29, 0.717) is 5.92 Å². The Bertz CT molecular complexity index is 690. The van der Waals surface area contributed by atoms with Crippen molar-refractivity contribution in [1.82, 2.24) is 10.2 Å². The number of imide groups is 1. The molecule has 1 N–H and O–H groups in total. The number of hydrogen-bond acceptors (Lipinski definition) is 3. The van der Waals surface area contributed by atoms with E-state index in [1.54, 1.807) is 0 Å². The van der Waals surface area contributed by atoms with Gasteiger partial charge in [0.2, 0.25) is 17.7 Å². The van der Waals surface area contributed by atoms with Crippen LogP contribution in [0.5, 0.6) is 0 Å². The quantitative estimate of drug-likeness (QED) is 0.853. The molecule has 0 bridgehead atoms. The largest absolute Gasteiger partial charge is 0.343 e. The maximum atomic E-state index is 12.4. The van der Waals surface area contributed by atoms with Crippen LogP contribution in [-0.2, 0) is 20.8 Å². The second-order valence-corrected chi connectivity index (χ2v) is 7.46. The molecule has 3 rings (SSSR count). The van der Waals surface area contributed by atoms with Crippen LogP contribution in [0.15, 0.2) is 18.2 Å². The predicted octanol–water partition coefficient (Wildman–Crippen LogP) is 2.14. The molecule has 1 unspecified atom stereocenters. The van der Waals surface area contributed by atoms with Crippen molar-refractivity contribution in [2.75, 3.05) is 13.1 Å². The minimum Gasteiger partial charge on any atom is -0.343 e. The zero-order valence-corrected chi connectivity index (χ0v) is 15.0. The monoisotopic (exact) mass is 342 g/mol. The standard InChI is InChI=1S/C20H26N2O3/c1-13-3-4-16(9-14(13)2)10-15-5-7-22(8-6-15)19(24)12-17-11-18(23)21-20(17)25/h3-4,9,15,17H,5-8,10-12H2,1-2H3,(H,21,23,25). The van der Waals surface area contributed by atoms with Crippen LogP contribution >= 0.6 is 0 Å². The van der Waals surface area contributed by atoms with E-state index < -0.39 is 5.92 Å². The molecule has 3 amide bonds. The van der Waals surface area contributed by atoms with Gasteiger partial charge in [0.15, 0.2) is 0 Å². The summed E-state index contributed by atoms with van der Waals surface area (Å²) in [5.41, 5.74) is 4.02. The van der Waals surface area contributed by atoms with Crippen LogP contribution in [0.25, 0.3) is 0 Å². The Morgan fingerprint density at radius 1 is 1.16 bits per heavy atom. The van der Waals surface area contributed by atoms with Gasteiger partial charge in [-0.05, 0) is 55.7 Å². The van der Waals surface area contributed by atoms with Crippen LogP contribution in [0.1, 0.15) is 42.4 Å². The SMILES string of the molecule is Cc1ccc(CC2CCN(C(=O)CC3CC(=O)NC3=O)CC2)cc1C. The van der Waals surface area contributed by atoms with E-state index in [-0.39, 0.29) is 30.6 Å². The van der Waals surface area contributed by atoms with Gasteiger partial charge in [0.1, 0.15) is 0 Å². The third kappa shape index (κ3) is 4.27. The van der Waals surface area contributed by atoms with Crippen molar-refractivity contribution < 1.29 is 14.4 Å². The Kier molecular flexibility index (Phi) is 5.21. The number of nitrogens with zero attached hydrogens (tertiary/aromatic N) is 1. The number of carbonyl (C=O) groups excluding carboxylic acids is 3. The van der Waals surface area contributed by atoms with Gasteiger partial charge in [0.25, 0.3) is 0 Å². The molecule has 2 aliphatic heterocycles. The van der Waals surface area contributed by atoms with Gasteiger partial charge < -0.3 is 4.90 Å². The molecular formula is C20H26N2O3. The number of hydrogen-bond donors (Lipinski definition) is 1. The predicted molar refractivity (Wildman–Crippen MR) is 94.8 cm³/mol. The number of amides is 3. The van der Waals surface area contributed by atoms with Crippen LogP contribution in [0.3, 0.4) is 0 Å². The van der Waals surface area contributed by atoms with Crippen molar-refractivity contribution in [1.29, 1.82) is 0 Å². The van der Waals surface area contributed by atoms with Crippen LogP contribution in [0.4, 0.5) is 0 Å². The minimum absolute atomic E-state index is 0.000481. The minimum atomic E-state index is -0.478. The molecule has 0 aliphatic carbocycles. The van der Waals surface area contributed by atoms with E-state index in [9.17, 15) is 14.4 Å². The Hall–Kier alpha value is -2.17. The van der Waals surface area contributed by atoms with Crippen LogP contribution in [0.2, 0.25) is 0 Å². The molecule has 5 nitrogen and oxygen atoms in total. The Morgan fingerprint density at radius 2 is 1.88 bits per heavy atom. The fraction of sp³-hybridized carbons (Fsp3) is 0.550. The maximum Gasteiger partial charge on any atom is 0.230 e. The molecule has 0 aromatic heterocycles. The number of nitrogens with one attached hydrogen (secondary N) is 1. The maximum absolute atomic E-state index is 12.4. The summed E-state index contributed by atoms with van der Waals surface area (Å²) >= 11 is 0. The molecule has 0 radical (unpaired) electrons. The first kappa shape index (κ1) is 17.6. The number of rotatable bonds is 4. The lowest BCUT2D eigenvalue weighted by Crippen LogP contribution is -2.40. The van der Waals surface area contributed by atoms with Gasteiger partial charge in [-0.3, -0.25) is 19.7 Å². The van der Waals surface area contributed by atoms with E-state index in [4.69, 9.17) is 0 Å². The molecule has 2 saturated heterocycles. The molecule has 0 spiro atoms. The second kappa shape index (κ2) is 7.38. The van der Waals surface area contributed by atoms with Crippen LogP contribution in [-0.4, -0.2) is 35.7 Å². The third-order valence-corrected chi connectivity index (χ3v) is 5.55. The topological polar surface area (TPSA) is 66.5 Å². The van der Waals surface area contributed by atoms with E-state index in [1.165, 1.54) is 16.7 Å². The van der Waals surface area contributed by atoms with Gasteiger partial charge in [-0.2, -0.15) is 0 Å². The van der Waals surface area contributed by atoms with Crippen molar-refractivity contribution in [2.24, 2.45) is 11.8 Å². The number of carbonyl (C=O) groups is 3. The van der Waals surface area contributed by atoms with Gasteiger partial charge in [-0.1, -0.05) is 18.2 Å². The molecule has 2 heterocycles. The fourth-order valence-corrected chi connectivity index (χ4v) is 3.76. The Morgan fingerprint density at radius 3 is 2.48 bits per heavy atom. The lowest BCUT2D eigenvalue weighted by atomic mass is 9.89. The van der Waals surface area contributed by atoms with Crippen molar-refractivity contribution in [3.63, 3.8) is 0 Å².